The summed E-state index contributed by atoms with van der Waals surface area (Å²) in [6.45, 7) is 2.90. The highest BCUT2D eigenvalue weighted by Crippen LogP contribution is 2.38. The third-order valence-electron chi connectivity index (χ3n) is 3.96. The fourth-order valence-electron chi connectivity index (χ4n) is 2.84. The molecule has 2 atom stereocenters. The highest BCUT2D eigenvalue weighted by molar-refractivity contribution is 5.57. The Morgan fingerprint density at radius 2 is 2.10 bits per heavy atom. The Morgan fingerprint density at radius 1 is 1.38 bits per heavy atom. The molecule has 2 rings (SSSR count). The molecule has 6 heteroatoms. The summed E-state index contributed by atoms with van der Waals surface area (Å²) in [6.07, 6.45) is -3.68. The van der Waals surface area contributed by atoms with E-state index in [2.05, 4.69) is 5.32 Å². The van der Waals surface area contributed by atoms with E-state index in [-0.39, 0.29) is 17.8 Å². The van der Waals surface area contributed by atoms with Gasteiger partial charge < -0.3 is 15.0 Å². The van der Waals surface area contributed by atoms with Crippen molar-refractivity contribution in [3.63, 3.8) is 0 Å². The van der Waals surface area contributed by atoms with Crippen molar-refractivity contribution in [1.82, 2.24) is 5.32 Å². The minimum Gasteiger partial charge on any atom is -0.376 e. The molecule has 1 aliphatic heterocycles. The van der Waals surface area contributed by atoms with E-state index in [1.54, 1.807) is 31.1 Å². The molecule has 1 N–H and O–H groups in total. The summed E-state index contributed by atoms with van der Waals surface area (Å²) in [4.78, 5) is 1.70. The predicted octanol–water partition coefficient (Wildman–Crippen LogP) is 3.04. The van der Waals surface area contributed by atoms with E-state index < -0.39 is 11.7 Å². The standard InChI is InChI=1S/C15H21F3N2O/c1-10-13(6-7-21-10)20(3)14-5-4-11(9-19-2)8-12(14)15(16,17)18/h4-5,8,10,13,19H,6-7,9H2,1-3H3. The molecule has 1 aliphatic rings. The summed E-state index contributed by atoms with van der Waals surface area (Å²) >= 11 is 0. The predicted molar refractivity (Wildman–Crippen MR) is 76.4 cm³/mol. The molecule has 0 bridgehead atoms. The fourth-order valence-corrected chi connectivity index (χ4v) is 2.84. The zero-order chi connectivity index (χ0) is 15.6. The number of hydrogen-bond acceptors (Lipinski definition) is 3. The molecule has 1 heterocycles. The maximum Gasteiger partial charge on any atom is 0.418 e. The van der Waals surface area contributed by atoms with Crippen molar-refractivity contribution in [3.05, 3.63) is 29.3 Å². The van der Waals surface area contributed by atoms with Crippen molar-refractivity contribution in [2.24, 2.45) is 0 Å². The summed E-state index contributed by atoms with van der Waals surface area (Å²) < 4.78 is 45.5. The van der Waals surface area contributed by atoms with Crippen LogP contribution in [0.1, 0.15) is 24.5 Å². The van der Waals surface area contributed by atoms with Gasteiger partial charge in [0, 0.05) is 25.9 Å². The summed E-state index contributed by atoms with van der Waals surface area (Å²) in [5, 5.41) is 2.87. The van der Waals surface area contributed by atoms with Crippen LogP contribution in [0.3, 0.4) is 0 Å². The van der Waals surface area contributed by atoms with Gasteiger partial charge in [0.15, 0.2) is 0 Å². The molecule has 0 spiro atoms. The van der Waals surface area contributed by atoms with Crippen LogP contribution < -0.4 is 10.2 Å². The molecule has 0 aliphatic carbocycles. The molecule has 0 amide bonds. The van der Waals surface area contributed by atoms with E-state index in [9.17, 15) is 13.2 Å². The number of hydrogen-bond donors (Lipinski definition) is 1. The van der Waals surface area contributed by atoms with Gasteiger partial charge in [0.1, 0.15) is 0 Å². The van der Waals surface area contributed by atoms with Crippen molar-refractivity contribution >= 4 is 5.69 Å². The Hall–Kier alpha value is -1.27. The van der Waals surface area contributed by atoms with Gasteiger partial charge in [-0.15, -0.1) is 0 Å². The second-order valence-corrected chi connectivity index (χ2v) is 5.42. The lowest BCUT2D eigenvalue weighted by Gasteiger charge is -2.31. The third-order valence-corrected chi connectivity index (χ3v) is 3.96. The molecule has 1 aromatic rings. The Kier molecular flexibility index (Phi) is 4.78. The summed E-state index contributed by atoms with van der Waals surface area (Å²) in [7, 11) is 3.42. The van der Waals surface area contributed by atoms with Crippen LogP contribution in [-0.4, -0.2) is 32.8 Å². The number of alkyl halides is 3. The van der Waals surface area contributed by atoms with Crippen LogP contribution in [0.25, 0.3) is 0 Å². The Morgan fingerprint density at radius 3 is 2.62 bits per heavy atom. The van der Waals surface area contributed by atoms with E-state index in [4.69, 9.17) is 4.74 Å². The summed E-state index contributed by atoms with van der Waals surface area (Å²) in [5.74, 6) is 0. The van der Waals surface area contributed by atoms with Gasteiger partial charge in [-0.05, 0) is 38.1 Å². The van der Waals surface area contributed by atoms with Crippen LogP contribution in [0.2, 0.25) is 0 Å². The molecule has 1 aromatic carbocycles. The van der Waals surface area contributed by atoms with Gasteiger partial charge in [0.05, 0.1) is 17.7 Å². The lowest BCUT2D eigenvalue weighted by atomic mass is 10.0. The number of likely N-dealkylation sites (N-methyl/N-ethyl adjacent to an activating group) is 1. The van der Waals surface area contributed by atoms with Gasteiger partial charge in [-0.25, -0.2) is 0 Å². The van der Waals surface area contributed by atoms with Crippen molar-refractivity contribution in [2.45, 2.75) is 38.2 Å². The second kappa shape index (κ2) is 6.23. The van der Waals surface area contributed by atoms with E-state index in [0.717, 1.165) is 6.42 Å². The number of halogens is 3. The average molecular weight is 302 g/mol. The molecule has 3 nitrogen and oxygen atoms in total. The van der Waals surface area contributed by atoms with E-state index >= 15 is 0 Å². The molecule has 0 aromatic heterocycles. The highest BCUT2D eigenvalue weighted by Gasteiger charge is 2.37. The van der Waals surface area contributed by atoms with Gasteiger partial charge in [-0.1, -0.05) is 6.07 Å². The summed E-state index contributed by atoms with van der Waals surface area (Å²) in [6, 6.07) is 4.49. The van der Waals surface area contributed by atoms with Gasteiger partial charge in [0.2, 0.25) is 0 Å². The molecular formula is C15H21F3N2O. The van der Waals surface area contributed by atoms with Crippen LogP contribution in [0.4, 0.5) is 18.9 Å². The van der Waals surface area contributed by atoms with Gasteiger partial charge in [-0.3, -0.25) is 0 Å². The van der Waals surface area contributed by atoms with Crippen molar-refractivity contribution in [3.8, 4) is 0 Å². The van der Waals surface area contributed by atoms with Gasteiger partial charge in [-0.2, -0.15) is 13.2 Å². The molecule has 118 valence electrons. The topological polar surface area (TPSA) is 24.5 Å². The van der Waals surface area contributed by atoms with Crippen LogP contribution in [0.15, 0.2) is 18.2 Å². The zero-order valence-corrected chi connectivity index (χ0v) is 12.5. The first kappa shape index (κ1) is 16.1. The normalized spacial score (nSPS) is 22.6. The SMILES string of the molecule is CNCc1ccc(N(C)C2CCOC2C)c(C(F)(F)F)c1. The minimum absolute atomic E-state index is 0.0266. The quantitative estimate of drug-likeness (QED) is 0.925. The van der Waals surface area contributed by atoms with Crippen molar-refractivity contribution in [1.29, 1.82) is 0 Å². The van der Waals surface area contributed by atoms with Crippen molar-refractivity contribution < 1.29 is 17.9 Å². The summed E-state index contributed by atoms with van der Waals surface area (Å²) in [5.41, 5.74) is 0.249. The molecular weight excluding hydrogens is 281 g/mol. The number of rotatable bonds is 4. The molecule has 0 radical (unpaired) electrons. The van der Waals surface area contributed by atoms with Crippen LogP contribution >= 0.6 is 0 Å². The average Bonchev–Trinajstić information content (AvgIpc) is 2.83. The van der Waals surface area contributed by atoms with Crippen LogP contribution in [0, 0.1) is 0 Å². The van der Waals surface area contributed by atoms with E-state index in [1.807, 2.05) is 6.92 Å². The fraction of sp³-hybridized carbons (Fsp3) is 0.600. The number of ether oxygens (including phenoxy) is 1. The zero-order valence-electron chi connectivity index (χ0n) is 12.5. The first-order valence-electron chi connectivity index (χ1n) is 7.03. The Bertz CT molecular complexity index is 490. The number of anilines is 1. The Labute approximate surface area is 123 Å². The molecule has 1 saturated heterocycles. The lowest BCUT2D eigenvalue weighted by molar-refractivity contribution is -0.137. The molecule has 2 unspecified atom stereocenters. The number of benzene rings is 1. The molecule has 0 saturated carbocycles. The smallest absolute Gasteiger partial charge is 0.376 e. The molecule has 21 heavy (non-hydrogen) atoms. The molecule has 1 fully saturated rings. The Balaban J connectivity index is 2.37. The number of nitrogens with one attached hydrogen (secondary N) is 1. The highest BCUT2D eigenvalue weighted by atomic mass is 19.4. The maximum absolute atomic E-state index is 13.3. The second-order valence-electron chi connectivity index (χ2n) is 5.42. The first-order valence-corrected chi connectivity index (χ1v) is 7.03. The number of nitrogens with zero attached hydrogens (tertiary/aromatic N) is 1. The minimum atomic E-state index is -4.37. The monoisotopic (exact) mass is 302 g/mol. The van der Waals surface area contributed by atoms with E-state index in [0.29, 0.717) is 18.7 Å². The van der Waals surface area contributed by atoms with Gasteiger partial charge in [0.25, 0.3) is 0 Å². The van der Waals surface area contributed by atoms with Gasteiger partial charge >= 0.3 is 6.18 Å². The van der Waals surface area contributed by atoms with Crippen molar-refractivity contribution in [2.75, 3.05) is 25.6 Å². The van der Waals surface area contributed by atoms with Crippen LogP contribution in [0.5, 0.6) is 0 Å². The first-order chi connectivity index (χ1) is 9.84. The van der Waals surface area contributed by atoms with E-state index in [1.165, 1.54) is 6.07 Å². The maximum atomic E-state index is 13.3. The third kappa shape index (κ3) is 3.49. The van der Waals surface area contributed by atoms with Crippen LogP contribution in [-0.2, 0) is 17.5 Å². The lowest BCUT2D eigenvalue weighted by Crippen LogP contribution is -2.37. The largest absolute Gasteiger partial charge is 0.418 e.